The van der Waals surface area contributed by atoms with Crippen molar-refractivity contribution in [2.75, 3.05) is 25.0 Å². The molecule has 1 N–H and O–H groups in total. The predicted molar refractivity (Wildman–Crippen MR) is 78.8 cm³/mol. The van der Waals surface area contributed by atoms with Gasteiger partial charge in [-0.3, -0.25) is 0 Å². The van der Waals surface area contributed by atoms with E-state index in [1.54, 1.807) is 4.90 Å². The van der Waals surface area contributed by atoms with Crippen molar-refractivity contribution in [3.63, 3.8) is 0 Å². The fourth-order valence-corrected chi connectivity index (χ4v) is 2.20. The van der Waals surface area contributed by atoms with Crippen LogP contribution in [0.1, 0.15) is 31.7 Å². The standard InChI is InChI=1S/C15H23N3O2/c1-3-4-9-20-15(19)18-8-7-13(11-18)17-14-6-5-12(2)10-16-14/h5-6,10,13H,3-4,7-9,11H2,1-2H3,(H,16,17)/t13-/m0/s1. The fraction of sp³-hybridized carbons (Fsp3) is 0.600. The van der Waals surface area contributed by atoms with Crippen molar-refractivity contribution < 1.29 is 9.53 Å². The zero-order valence-electron chi connectivity index (χ0n) is 12.3. The summed E-state index contributed by atoms with van der Waals surface area (Å²) in [6, 6.07) is 4.25. The van der Waals surface area contributed by atoms with Gasteiger partial charge in [-0.15, -0.1) is 0 Å². The molecule has 0 bridgehead atoms. The van der Waals surface area contributed by atoms with Crippen LogP contribution in [0, 0.1) is 6.92 Å². The van der Waals surface area contributed by atoms with Crippen molar-refractivity contribution in [1.82, 2.24) is 9.88 Å². The number of aromatic nitrogens is 1. The number of amides is 1. The normalized spacial score (nSPS) is 18.1. The third-order valence-electron chi connectivity index (χ3n) is 3.43. The maximum atomic E-state index is 11.8. The van der Waals surface area contributed by atoms with Crippen LogP contribution >= 0.6 is 0 Å². The lowest BCUT2D eigenvalue weighted by Gasteiger charge is -2.17. The highest BCUT2D eigenvalue weighted by atomic mass is 16.6. The second-order valence-electron chi connectivity index (χ2n) is 5.26. The summed E-state index contributed by atoms with van der Waals surface area (Å²) in [7, 11) is 0. The number of nitrogens with zero attached hydrogens (tertiary/aromatic N) is 2. The molecule has 5 heteroatoms. The first-order valence-corrected chi connectivity index (χ1v) is 7.30. The zero-order valence-corrected chi connectivity index (χ0v) is 12.3. The second kappa shape index (κ2) is 7.12. The number of rotatable bonds is 5. The van der Waals surface area contributed by atoms with Crippen molar-refractivity contribution in [3.05, 3.63) is 23.9 Å². The number of carbonyl (C=O) groups excluding carboxylic acids is 1. The molecule has 110 valence electrons. The molecule has 1 saturated heterocycles. The molecule has 0 spiro atoms. The van der Waals surface area contributed by atoms with Crippen LogP contribution in [0.15, 0.2) is 18.3 Å². The van der Waals surface area contributed by atoms with Crippen molar-refractivity contribution >= 4 is 11.9 Å². The Kier molecular flexibility index (Phi) is 5.21. The number of pyridine rings is 1. The molecule has 0 unspecified atom stereocenters. The van der Waals surface area contributed by atoms with E-state index in [2.05, 4.69) is 17.2 Å². The Labute approximate surface area is 120 Å². The van der Waals surface area contributed by atoms with Gasteiger partial charge in [-0.2, -0.15) is 0 Å². The molecular weight excluding hydrogens is 254 g/mol. The smallest absolute Gasteiger partial charge is 0.409 e. The minimum absolute atomic E-state index is 0.195. The maximum absolute atomic E-state index is 11.8. The zero-order chi connectivity index (χ0) is 14.4. The quantitative estimate of drug-likeness (QED) is 0.841. The van der Waals surface area contributed by atoms with Gasteiger partial charge in [-0.1, -0.05) is 19.4 Å². The first kappa shape index (κ1) is 14.6. The summed E-state index contributed by atoms with van der Waals surface area (Å²) in [5, 5.41) is 3.36. The second-order valence-corrected chi connectivity index (χ2v) is 5.26. The van der Waals surface area contributed by atoms with E-state index in [1.807, 2.05) is 25.3 Å². The predicted octanol–water partition coefficient (Wildman–Crippen LogP) is 2.81. The summed E-state index contributed by atoms with van der Waals surface area (Å²) in [5.74, 6) is 0.863. The summed E-state index contributed by atoms with van der Waals surface area (Å²) in [6.07, 6.45) is 4.54. The van der Waals surface area contributed by atoms with Gasteiger partial charge in [-0.25, -0.2) is 9.78 Å². The Bertz CT molecular complexity index is 433. The largest absolute Gasteiger partial charge is 0.449 e. The molecule has 0 saturated carbocycles. The minimum Gasteiger partial charge on any atom is -0.449 e. The molecule has 0 aromatic carbocycles. The molecule has 1 fully saturated rings. The van der Waals surface area contributed by atoms with Crippen LogP contribution in [0.3, 0.4) is 0 Å². The highest BCUT2D eigenvalue weighted by molar-refractivity contribution is 5.68. The average molecular weight is 277 g/mol. The Morgan fingerprint density at radius 3 is 3.10 bits per heavy atom. The van der Waals surface area contributed by atoms with Gasteiger partial charge < -0.3 is 15.0 Å². The highest BCUT2D eigenvalue weighted by Gasteiger charge is 2.27. The third-order valence-corrected chi connectivity index (χ3v) is 3.43. The Balaban J connectivity index is 1.77. The van der Waals surface area contributed by atoms with Gasteiger partial charge in [0.25, 0.3) is 0 Å². The number of ether oxygens (including phenoxy) is 1. The Hall–Kier alpha value is -1.78. The van der Waals surface area contributed by atoms with Crippen LogP contribution in [0.4, 0.5) is 10.6 Å². The molecule has 20 heavy (non-hydrogen) atoms. The topological polar surface area (TPSA) is 54.5 Å². The van der Waals surface area contributed by atoms with Crippen LogP contribution in [-0.2, 0) is 4.74 Å². The summed E-state index contributed by atoms with van der Waals surface area (Å²) in [6.45, 7) is 6.04. The van der Waals surface area contributed by atoms with Crippen LogP contribution < -0.4 is 5.32 Å². The number of anilines is 1. The number of hydrogen-bond acceptors (Lipinski definition) is 4. The summed E-state index contributed by atoms with van der Waals surface area (Å²) < 4.78 is 5.22. The first-order valence-electron chi connectivity index (χ1n) is 7.30. The Morgan fingerprint density at radius 1 is 1.55 bits per heavy atom. The summed E-state index contributed by atoms with van der Waals surface area (Å²) in [4.78, 5) is 17.9. The summed E-state index contributed by atoms with van der Waals surface area (Å²) in [5.41, 5.74) is 1.14. The van der Waals surface area contributed by atoms with Gasteiger partial charge in [0, 0.05) is 25.3 Å². The monoisotopic (exact) mass is 277 g/mol. The van der Waals surface area contributed by atoms with Crippen molar-refractivity contribution in [2.45, 2.75) is 39.2 Å². The Morgan fingerprint density at radius 2 is 2.40 bits per heavy atom. The van der Waals surface area contributed by atoms with E-state index in [1.165, 1.54) is 0 Å². The van der Waals surface area contributed by atoms with Crippen molar-refractivity contribution in [1.29, 1.82) is 0 Å². The molecule has 1 amide bonds. The molecule has 2 rings (SSSR count). The lowest BCUT2D eigenvalue weighted by molar-refractivity contribution is 0.109. The molecule has 0 aliphatic carbocycles. The lowest BCUT2D eigenvalue weighted by Crippen LogP contribution is -2.32. The van der Waals surface area contributed by atoms with E-state index >= 15 is 0 Å². The van der Waals surface area contributed by atoms with E-state index < -0.39 is 0 Å². The minimum atomic E-state index is -0.195. The van der Waals surface area contributed by atoms with E-state index in [-0.39, 0.29) is 12.1 Å². The molecule has 0 radical (unpaired) electrons. The number of nitrogens with one attached hydrogen (secondary N) is 1. The van der Waals surface area contributed by atoms with Gasteiger partial charge in [0.1, 0.15) is 5.82 Å². The van der Waals surface area contributed by atoms with Gasteiger partial charge in [0.05, 0.1) is 6.61 Å². The van der Waals surface area contributed by atoms with Gasteiger partial charge in [-0.05, 0) is 31.4 Å². The van der Waals surface area contributed by atoms with Crippen LogP contribution in [0.5, 0.6) is 0 Å². The van der Waals surface area contributed by atoms with Gasteiger partial charge in [0.2, 0.25) is 0 Å². The number of hydrogen-bond donors (Lipinski definition) is 1. The summed E-state index contributed by atoms with van der Waals surface area (Å²) >= 11 is 0. The van der Waals surface area contributed by atoms with Crippen LogP contribution in [0.2, 0.25) is 0 Å². The maximum Gasteiger partial charge on any atom is 0.409 e. The molecule has 5 nitrogen and oxygen atoms in total. The molecule has 1 aliphatic rings. The number of likely N-dealkylation sites (tertiary alicyclic amines) is 1. The molecule has 1 aliphatic heterocycles. The highest BCUT2D eigenvalue weighted by Crippen LogP contribution is 2.15. The van der Waals surface area contributed by atoms with E-state index in [0.29, 0.717) is 13.2 Å². The van der Waals surface area contributed by atoms with Gasteiger partial charge in [0.15, 0.2) is 0 Å². The van der Waals surface area contributed by atoms with Crippen LogP contribution in [0.25, 0.3) is 0 Å². The molecule has 2 heterocycles. The van der Waals surface area contributed by atoms with E-state index in [9.17, 15) is 4.79 Å². The molecule has 1 aromatic rings. The van der Waals surface area contributed by atoms with E-state index in [4.69, 9.17) is 4.74 Å². The molecule has 1 aromatic heterocycles. The average Bonchev–Trinajstić information content (AvgIpc) is 2.90. The molecular formula is C15H23N3O2. The first-order chi connectivity index (χ1) is 9.69. The SMILES string of the molecule is CCCCOC(=O)N1CC[C@H](Nc2ccc(C)cn2)C1. The fourth-order valence-electron chi connectivity index (χ4n) is 2.20. The lowest BCUT2D eigenvalue weighted by atomic mass is 10.2. The third kappa shape index (κ3) is 4.11. The number of carbonyl (C=O) groups is 1. The molecule has 1 atom stereocenters. The van der Waals surface area contributed by atoms with Crippen LogP contribution in [-0.4, -0.2) is 41.7 Å². The number of unbranched alkanes of at least 4 members (excludes halogenated alkanes) is 1. The van der Waals surface area contributed by atoms with E-state index in [0.717, 1.165) is 37.2 Å². The number of aryl methyl sites for hydroxylation is 1. The van der Waals surface area contributed by atoms with Crippen molar-refractivity contribution in [2.24, 2.45) is 0 Å². The van der Waals surface area contributed by atoms with Crippen molar-refractivity contribution in [3.8, 4) is 0 Å². The van der Waals surface area contributed by atoms with Gasteiger partial charge >= 0.3 is 6.09 Å².